The number of rotatable bonds is 6. The monoisotopic (exact) mass is 319 g/mol. The number of halogens is 3. The van der Waals surface area contributed by atoms with E-state index in [1.807, 2.05) is 13.8 Å². The first kappa shape index (κ1) is 17.4. The first-order valence-electron chi connectivity index (χ1n) is 6.38. The summed E-state index contributed by atoms with van der Waals surface area (Å²) in [5.74, 6) is -4.46. The summed E-state index contributed by atoms with van der Waals surface area (Å²) in [7, 11) is 0. The summed E-state index contributed by atoms with van der Waals surface area (Å²) in [5, 5.41) is 10.9. The summed E-state index contributed by atoms with van der Waals surface area (Å²) in [4.78, 5) is 22.8. The fourth-order valence-electron chi connectivity index (χ4n) is 1.85. The minimum Gasteiger partial charge on any atom is -0.481 e. The molecule has 0 spiro atoms. The Morgan fingerprint density at radius 2 is 1.90 bits per heavy atom. The van der Waals surface area contributed by atoms with E-state index in [-0.39, 0.29) is 12.5 Å². The van der Waals surface area contributed by atoms with Gasteiger partial charge in [0.05, 0.1) is 16.5 Å². The van der Waals surface area contributed by atoms with E-state index in [0.29, 0.717) is 18.6 Å². The Bertz CT molecular complexity index is 549. The van der Waals surface area contributed by atoms with Gasteiger partial charge < -0.3 is 10.4 Å². The molecule has 1 rings (SSSR count). The third kappa shape index (κ3) is 4.97. The lowest BCUT2D eigenvalue weighted by Crippen LogP contribution is -2.34. The zero-order chi connectivity index (χ0) is 16.2. The molecule has 1 aromatic rings. The standard InChI is InChI=1S/C14H16ClF2NO3/c1-7(2)3-8(14(20)21)6-18-13(19)9-4-12(17)10(15)5-11(9)16/h4-5,7-8H,3,6H2,1-2H3,(H,18,19)(H,20,21). The van der Waals surface area contributed by atoms with Crippen LogP contribution in [0.5, 0.6) is 0 Å². The van der Waals surface area contributed by atoms with Crippen LogP contribution in [-0.2, 0) is 4.79 Å². The molecule has 0 aliphatic rings. The maximum Gasteiger partial charge on any atom is 0.308 e. The van der Waals surface area contributed by atoms with E-state index in [0.717, 1.165) is 0 Å². The van der Waals surface area contributed by atoms with Gasteiger partial charge in [-0.3, -0.25) is 9.59 Å². The first-order chi connectivity index (χ1) is 9.72. The van der Waals surface area contributed by atoms with E-state index in [1.54, 1.807) is 0 Å². The molecule has 0 aliphatic heterocycles. The lowest BCUT2D eigenvalue weighted by molar-refractivity contribution is -0.142. The maximum atomic E-state index is 13.5. The third-order valence-electron chi connectivity index (χ3n) is 2.87. The molecule has 0 radical (unpaired) electrons. The van der Waals surface area contributed by atoms with Gasteiger partial charge >= 0.3 is 5.97 Å². The van der Waals surface area contributed by atoms with Crippen molar-refractivity contribution in [3.63, 3.8) is 0 Å². The predicted molar refractivity (Wildman–Crippen MR) is 74.3 cm³/mol. The van der Waals surface area contributed by atoms with E-state index in [1.165, 1.54) is 0 Å². The molecular formula is C14H16ClF2NO3. The van der Waals surface area contributed by atoms with Crippen molar-refractivity contribution in [1.29, 1.82) is 0 Å². The second kappa shape index (κ2) is 7.36. The van der Waals surface area contributed by atoms with Gasteiger partial charge in [0.15, 0.2) is 0 Å². The van der Waals surface area contributed by atoms with Gasteiger partial charge in [-0.2, -0.15) is 0 Å². The van der Waals surface area contributed by atoms with Crippen molar-refractivity contribution in [2.75, 3.05) is 6.54 Å². The Hall–Kier alpha value is -1.69. The maximum absolute atomic E-state index is 13.5. The van der Waals surface area contributed by atoms with E-state index < -0.39 is 40.0 Å². The number of carboxylic acids is 1. The molecule has 1 atom stereocenters. The normalized spacial score (nSPS) is 12.3. The Morgan fingerprint density at radius 3 is 2.43 bits per heavy atom. The van der Waals surface area contributed by atoms with E-state index in [2.05, 4.69) is 5.32 Å². The smallest absolute Gasteiger partial charge is 0.308 e. The Kier molecular flexibility index (Phi) is 6.08. The largest absolute Gasteiger partial charge is 0.481 e. The number of carbonyl (C=O) groups is 2. The van der Waals surface area contributed by atoms with Crippen LogP contribution in [0.1, 0.15) is 30.6 Å². The summed E-state index contributed by atoms with van der Waals surface area (Å²) in [6.07, 6.45) is 0.368. The lowest BCUT2D eigenvalue weighted by Gasteiger charge is -2.15. The summed E-state index contributed by atoms with van der Waals surface area (Å²) < 4.78 is 26.8. The van der Waals surface area contributed by atoms with Crippen molar-refractivity contribution in [1.82, 2.24) is 5.32 Å². The highest BCUT2D eigenvalue weighted by Gasteiger charge is 2.21. The number of benzene rings is 1. The molecule has 0 saturated heterocycles. The fourth-order valence-corrected chi connectivity index (χ4v) is 2.00. The van der Waals surface area contributed by atoms with Gasteiger partial charge in [-0.15, -0.1) is 0 Å². The number of hydrogen-bond acceptors (Lipinski definition) is 2. The number of amides is 1. The Morgan fingerprint density at radius 1 is 1.29 bits per heavy atom. The van der Waals surface area contributed by atoms with Crippen LogP contribution in [0.4, 0.5) is 8.78 Å². The molecule has 4 nitrogen and oxygen atoms in total. The highest BCUT2D eigenvalue weighted by atomic mass is 35.5. The molecule has 7 heteroatoms. The molecule has 0 bridgehead atoms. The first-order valence-corrected chi connectivity index (χ1v) is 6.75. The van der Waals surface area contributed by atoms with Crippen LogP contribution in [0.2, 0.25) is 5.02 Å². The van der Waals surface area contributed by atoms with Gasteiger partial charge in [0.25, 0.3) is 5.91 Å². The molecule has 1 aromatic carbocycles. The Labute approximate surface area is 126 Å². The SMILES string of the molecule is CC(C)CC(CNC(=O)c1cc(F)c(Cl)cc1F)C(=O)O. The summed E-state index contributed by atoms with van der Waals surface area (Å²) in [6, 6.07) is 1.39. The van der Waals surface area contributed by atoms with Gasteiger partial charge in [0, 0.05) is 6.54 Å². The number of aliphatic carboxylic acids is 1. The van der Waals surface area contributed by atoms with Gasteiger partial charge in [0.2, 0.25) is 0 Å². The number of nitrogens with one attached hydrogen (secondary N) is 1. The molecule has 116 valence electrons. The quantitative estimate of drug-likeness (QED) is 0.792. The molecule has 1 amide bonds. The summed E-state index contributed by atoms with van der Waals surface area (Å²) in [5.41, 5.74) is -0.509. The van der Waals surface area contributed by atoms with Gasteiger partial charge in [-0.25, -0.2) is 8.78 Å². The van der Waals surface area contributed by atoms with Crippen molar-refractivity contribution < 1.29 is 23.5 Å². The number of carboxylic acid groups (broad SMARTS) is 1. The highest BCUT2D eigenvalue weighted by molar-refractivity contribution is 6.30. The highest BCUT2D eigenvalue weighted by Crippen LogP contribution is 2.19. The molecule has 2 N–H and O–H groups in total. The van der Waals surface area contributed by atoms with Crippen LogP contribution in [0.25, 0.3) is 0 Å². The second-order valence-corrected chi connectivity index (χ2v) is 5.53. The molecule has 21 heavy (non-hydrogen) atoms. The van der Waals surface area contributed by atoms with Crippen LogP contribution in [0, 0.1) is 23.5 Å². The van der Waals surface area contributed by atoms with Gasteiger partial charge in [-0.1, -0.05) is 25.4 Å². The van der Waals surface area contributed by atoms with Crippen molar-refractivity contribution in [2.24, 2.45) is 11.8 Å². The third-order valence-corrected chi connectivity index (χ3v) is 3.16. The number of carbonyl (C=O) groups excluding carboxylic acids is 1. The molecule has 1 unspecified atom stereocenters. The van der Waals surface area contributed by atoms with Crippen molar-refractivity contribution in [3.8, 4) is 0 Å². The van der Waals surface area contributed by atoms with Crippen molar-refractivity contribution in [2.45, 2.75) is 20.3 Å². The summed E-state index contributed by atoms with van der Waals surface area (Å²) in [6.45, 7) is 3.55. The van der Waals surface area contributed by atoms with Gasteiger partial charge in [-0.05, 0) is 24.5 Å². The van der Waals surface area contributed by atoms with Crippen LogP contribution in [0.15, 0.2) is 12.1 Å². The van der Waals surface area contributed by atoms with E-state index in [9.17, 15) is 18.4 Å². The topological polar surface area (TPSA) is 66.4 Å². The van der Waals surface area contributed by atoms with E-state index >= 15 is 0 Å². The number of hydrogen-bond donors (Lipinski definition) is 2. The van der Waals surface area contributed by atoms with Crippen LogP contribution < -0.4 is 5.32 Å². The predicted octanol–water partition coefficient (Wildman–Crippen LogP) is 3.09. The molecule has 0 saturated carbocycles. The average Bonchev–Trinajstić information content (AvgIpc) is 2.37. The van der Waals surface area contributed by atoms with Crippen molar-refractivity contribution >= 4 is 23.5 Å². The van der Waals surface area contributed by atoms with Crippen LogP contribution in [0.3, 0.4) is 0 Å². The molecular weight excluding hydrogens is 304 g/mol. The van der Waals surface area contributed by atoms with E-state index in [4.69, 9.17) is 16.7 Å². The molecule has 0 aromatic heterocycles. The summed E-state index contributed by atoms with van der Waals surface area (Å²) >= 11 is 5.39. The zero-order valence-electron chi connectivity index (χ0n) is 11.6. The molecule has 0 aliphatic carbocycles. The minimum atomic E-state index is -1.05. The average molecular weight is 320 g/mol. The van der Waals surface area contributed by atoms with Crippen LogP contribution >= 0.6 is 11.6 Å². The van der Waals surface area contributed by atoms with Crippen molar-refractivity contribution in [3.05, 3.63) is 34.4 Å². The second-order valence-electron chi connectivity index (χ2n) is 5.12. The lowest BCUT2D eigenvalue weighted by atomic mass is 9.97. The van der Waals surface area contributed by atoms with Gasteiger partial charge in [0.1, 0.15) is 11.6 Å². The van der Waals surface area contributed by atoms with Crippen LogP contribution in [-0.4, -0.2) is 23.5 Å². The zero-order valence-corrected chi connectivity index (χ0v) is 12.4. The Balaban J connectivity index is 2.77. The minimum absolute atomic E-state index is 0.132. The fraction of sp³-hybridized carbons (Fsp3) is 0.429. The molecule has 0 heterocycles. The molecule has 0 fully saturated rings.